The van der Waals surface area contributed by atoms with Crippen molar-refractivity contribution in [3.63, 3.8) is 0 Å². The first-order valence-corrected chi connectivity index (χ1v) is 25.7. The molecule has 2 unspecified atom stereocenters. The number of piperazine rings is 1. The smallest absolute Gasteiger partial charge is 0.407 e. The van der Waals surface area contributed by atoms with Gasteiger partial charge in [0, 0.05) is 67.3 Å². The predicted molar refractivity (Wildman–Crippen MR) is 276 cm³/mol. The van der Waals surface area contributed by atoms with Gasteiger partial charge in [0.1, 0.15) is 17.9 Å². The molecule has 0 radical (unpaired) electrons. The Hall–Kier alpha value is -6.73. The molecule has 2 aromatic carbocycles. The second-order valence-electron chi connectivity index (χ2n) is 21.9. The number of hydrogen-bond acceptors (Lipinski definition) is 13. The van der Waals surface area contributed by atoms with Crippen molar-refractivity contribution >= 4 is 29.8 Å². The van der Waals surface area contributed by atoms with Crippen LogP contribution in [0.3, 0.4) is 0 Å². The second kappa shape index (κ2) is 23.3. The van der Waals surface area contributed by atoms with Crippen LogP contribution in [0, 0.1) is 22.7 Å². The van der Waals surface area contributed by atoms with Gasteiger partial charge in [-0.15, -0.1) is 0 Å². The van der Waals surface area contributed by atoms with Crippen LogP contribution in [-0.2, 0) is 36.8 Å². The summed E-state index contributed by atoms with van der Waals surface area (Å²) in [5, 5.41) is 25.4. The molecule has 2 aromatic heterocycles. The standard InChI is InChI=1S/C55H69F3N10O8/c1-53(2,3)47(62-51(72)74-6)50(71)64-66(27-37-14-17-38(18-15-37)39-26-60-67(28-39)40-19-20-40)31-45(69)44(61-49(70)48(63-52(73)75-7)54(4,5)55(56,57)58)24-35-11-8-34(9-12-35)10-13-36-16-23-46(59-25-36)65-29-41-21-22-42(30-65)68(41)43-32-76-33-43/h8-9,11-12,14-18,23,25-26,28,40-45,47-48,69H,19-22,24,27,29-33H2,1-7H3,(H,61,70)(H,62,72)(H,63,73)(H,64,71)/t41?,42?,44-,45-,47+,48+/m0/s1. The van der Waals surface area contributed by atoms with Crippen LogP contribution in [0.25, 0.3) is 11.1 Å². The minimum atomic E-state index is -4.98. The molecule has 76 heavy (non-hydrogen) atoms. The second-order valence-corrected chi connectivity index (χ2v) is 21.9. The zero-order valence-electron chi connectivity index (χ0n) is 44.0. The molecule has 0 spiro atoms. The Bertz CT molecular complexity index is 2720. The molecule has 1 aliphatic carbocycles. The number of pyridine rings is 1. The largest absolute Gasteiger partial charge is 0.453 e. The van der Waals surface area contributed by atoms with Crippen molar-refractivity contribution in [2.24, 2.45) is 10.8 Å². The number of aliphatic hydroxyl groups excluding tert-OH is 1. The van der Waals surface area contributed by atoms with E-state index in [0.29, 0.717) is 46.4 Å². The minimum Gasteiger partial charge on any atom is -0.453 e. The van der Waals surface area contributed by atoms with Crippen molar-refractivity contribution in [2.75, 3.05) is 52.0 Å². The molecular formula is C55H69F3N10O8. The number of aliphatic hydroxyl groups is 1. The summed E-state index contributed by atoms with van der Waals surface area (Å²) in [4.78, 5) is 63.0. The monoisotopic (exact) mass is 1050 g/mol. The van der Waals surface area contributed by atoms with E-state index in [1.807, 2.05) is 52.6 Å². The summed E-state index contributed by atoms with van der Waals surface area (Å²) in [5.74, 6) is 5.33. The third-order valence-electron chi connectivity index (χ3n) is 14.8. The number of carbonyl (C=O) groups is 4. The van der Waals surface area contributed by atoms with E-state index in [4.69, 9.17) is 14.5 Å². The van der Waals surface area contributed by atoms with Gasteiger partial charge in [0.15, 0.2) is 0 Å². The number of methoxy groups -OCH3 is 2. The Kier molecular flexibility index (Phi) is 17.0. The van der Waals surface area contributed by atoms with Gasteiger partial charge in [0.05, 0.1) is 63.3 Å². The first-order chi connectivity index (χ1) is 36.1. The van der Waals surface area contributed by atoms with Gasteiger partial charge < -0.3 is 40.2 Å². The lowest BCUT2D eigenvalue weighted by Gasteiger charge is -2.47. The van der Waals surface area contributed by atoms with E-state index in [2.05, 4.69) is 47.5 Å². The molecule has 4 aromatic rings. The molecule has 1 saturated carbocycles. The first-order valence-electron chi connectivity index (χ1n) is 25.7. The van der Waals surface area contributed by atoms with Gasteiger partial charge in [0.25, 0.3) is 5.91 Å². The summed E-state index contributed by atoms with van der Waals surface area (Å²) in [5.41, 5.74) is 3.62. The summed E-state index contributed by atoms with van der Waals surface area (Å²) in [6.45, 7) is 9.83. The quantitative estimate of drug-likeness (QED) is 0.0597. The molecule has 3 saturated heterocycles. The van der Waals surface area contributed by atoms with E-state index < -0.39 is 65.2 Å². The number of aromatic nitrogens is 3. The maximum Gasteiger partial charge on any atom is 0.407 e. The summed E-state index contributed by atoms with van der Waals surface area (Å²) >= 11 is 0. The number of alkyl carbamates (subject to hydrolysis) is 2. The van der Waals surface area contributed by atoms with Gasteiger partial charge in [-0.1, -0.05) is 69.0 Å². The van der Waals surface area contributed by atoms with Crippen LogP contribution in [0.2, 0.25) is 0 Å². The number of hydrogen-bond donors (Lipinski definition) is 5. The van der Waals surface area contributed by atoms with Gasteiger partial charge >= 0.3 is 18.4 Å². The Morgan fingerprint density at radius 3 is 1.89 bits per heavy atom. The molecule has 6 atom stereocenters. The van der Waals surface area contributed by atoms with Crippen LogP contribution in [0.1, 0.15) is 88.6 Å². The third-order valence-corrected chi connectivity index (χ3v) is 14.8. The molecule has 4 aliphatic rings. The average molecular weight is 1060 g/mol. The number of nitrogens with zero attached hydrogens (tertiary/aromatic N) is 6. The summed E-state index contributed by atoms with van der Waals surface area (Å²) in [6, 6.07) is 15.6. The topological polar surface area (TPSA) is 205 Å². The SMILES string of the molecule is COC(=O)N[C@H](C(=O)NN(Cc1ccc(-c2cnn(C3CC3)c2)cc1)C[C@H](O)[C@H](Cc1ccc(C#Cc2ccc(N3CC4CCC(C3)N4C3COC3)nc2)cc1)NC(=O)[C@@H](NC(=O)OC)C(C)(C)C(F)(F)F)C(C)(C)C. The third kappa shape index (κ3) is 13.4. The van der Waals surface area contributed by atoms with Crippen LogP contribution >= 0.6 is 0 Å². The number of alkyl halides is 3. The van der Waals surface area contributed by atoms with Gasteiger partial charge in [-0.25, -0.2) is 19.6 Å². The van der Waals surface area contributed by atoms with Gasteiger partial charge in [-0.2, -0.15) is 18.3 Å². The zero-order valence-corrected chi connectivity index (χ0v) is 44.0. The molecule has 3 aliphatic heterocycles. The number of halogens is 3. The fraction of sp³-hybridized carbons (Fsp3) is 0.527. The first kappa shape index (κ1) is 55.5. The average Bonchev–Trinajstić information content (AvgIpc) is 4.05. The number of benzene rings is 2. The maximum absolute atomic E-state index is 14.6. The van der Waals surface area contributed by atoms with Gasteiger partial charge in [-0.05, 0) is 92.3 Å². The lowest BCUT2D eigenvalue weighted by atomic mass is 9.82. The Labute approximate surface area is 441 Å². The number of anilines is 1. The highest BCUT2D eigenvalue weighted by atomic mass is 19.4. The summed E-state index contributed by atoms with van der Waals surface area (Å²) in [6.07, 6.45) is 1.23. The van der Waals surface area contributed by atoms with Crippen LogP contribution in [0.5, 0.6) is 0 Å². The molecule has 5 N–H and O–H groups in total. The maximum atomic E-state index is 14.6. The predicted octanol–water partition coefficient (Wildman–Crippen LogP) is 5.74. The molecule has 18 nitrogen and oxygen atoms in total. The molecule has 8 rings (SSSR count). The molecule has 2 bridgehead atoms. The highest BCUT2D eigenvalue weighted by molar-refractivity contribution is 5.87. The minimum absolute atomic E-state index is 0.00605. The van der Waals surface area contributed by atoms with Gasteiger partial charge in [0.2, 0.25) is 5.91 Å². The van der Waals surface area contributed by atoms with Crippen molar-refractivity contribution < 1.29 is 51.7 Å². The van der Waals surface area contributed by atoms with Crippen LogP contribution in [0.15, 0.2) is 79.3 Å². The number of nitrogens with one attached hydrogen (secondary N) is 4. The molecule has 408 valence electrons. The van der Waals surface area contributed by atoms with E-state index in [1.54, 1.807) is 57.4 Å². The van der Waals surface area contributed by atoms with E-state index in [-0.39, 0.29) is 19.5 Å². The normalized spacial score (nSPS) is 19.6. The van der Waals surface area contributed by atoms with Crippen LogP contribution < -0.4 is 26.3 Å². The summed E-state index contributed by atoms with van der Waals surface area (Å²) in [7, 11) is 2.13. The lowest BCUT2D eigenvalue weighted by Crippen LogP contribution is -2.63. The van der Waals surface area contributed by atoms with Crippen molar-refractivity contribution in [3.8, 4) is 23.0 Å². The van der Waals surface area contributed by atoms with Crippen LogP contribution in [0.4, 0.5) is 28.6 Å². The number of carbonyl (C=O) groups excluding carboxylic acids is 4. The van der Waals surface area contributed by atoms with E-state index in [0.717, 1.165) is 77.0 Å². The lowest BCUT2D eigenvalue weighted by molar-refractivity contribution is -0.220. The molecular weight excluding hydrogens is 986 g/mol. The van der Waals surface area contributed by atoms with E-state index in [1.165, 1.54) is 25.0 Å². The number of rotatable bonds is 18. The number of hydrazine groups is 1. The fourth-order valence-electron chi connectivity index (χ4n) is 9.97. The number of amides is 4. The number of ether oxygens (including phenoxy) is 3. The van der Waals surface area contributed by atoms with Crippen molar-refractivity contribution in [1.29, 1.82) is 0 Å². The number of fused-ring (bicyclic) bond motifs is 2. The zero-order chi connectivity index (χ0) is 54.5. The van der Waals surface area contributed by atoms with E-state index >= 15 is 0 Å². The van der Waals surface area contributed by atoms with E-state index in [9.17, 15) is 37.5 Å². The fourth-order valence-corrected chi connectivity index (χ4v) is 9.97. The van der Waals surface area contributed by atoms with Crippen molar-refractivity contribution in [1.82, 2.24) is 46.0 Å². The highest BCUT2D eigenvalue weighted by Gasteiger charge is 2.56. The van der Waals surface area contributed by atoms with Crippen molar-refractivity contribution in [3.05, 3.63) is 102 Å². The highest BCUT2D eigenvalue weighted by Crippen LogP contribution is 2.41. The Morgan fingerprint density at radius 1 is 0.750 bits per heavy atom. The molecule has 21 heteroatoms. The Morgan fingerprint density at radius 2 is 1.34 bits per heavy atom. The molecule has 5 heterocycles. The van der Waals surface area contributed by atoms with Crippen molar-refractivity contribution in [2.45, 2.75) is 128 Å². The summed E-state index contributed by atoms with van der Waals surface area (Å²) < 4.78 is 60.6. The molecule has 4 amide bonds. The van der Waals surface area contributed by atoms with Gasteiger partial charge in [-0.3, -0.25) is 24.6 Å². The van der Waals surface area contributed by atoms with Crippen LogP contribution in [-0.4, -0.2) is 149 Å². The molecule has 4 fully saturated rings. The Balaban J connectivity index is 1.02.